The van der Waals surface area contributed by atoms with Crippen LogP contribution in [-0.2, 0) is 11.3 Å². The van der Waals surface area contributed by atoms with Crippen molar-refractivity contribution in [1.82, 2.24) is 14.5 Å². The average Bonchev–Trinajstić information content (AvgIpc) is 3.16. The number of aromatic nitrogens is 3. The van der Waals surface area contributed by atoms with Gasteiger partial charge in [-0.05, 0) is 47.5 Å². The lowest BCUT2D eigenvalue weighted by Crippen LogP contribution is -2.07. The number of carbonyl (C=O) groups excluding carboxylic acids is 1. The molecule has 4 N–H and O–H groups in total. The van der Waals surface area contributed by atoms with Gasteiger partial charge in [0, 0.05) is 23.6 Å². The summed E-state index contributed by atoms with van der Waals surface area (Å²) in [5, 5.41) is 3.68. The fraction of sp³-hybridized carbons (Fsp3) is 0.125. The van der Waals surface area contributed by atoms with Gasteiger partial charge in [0.05, 0.1) is 23.1 Å². The smallest absolute Gasteiger partial charge is 0.338 e. The summed E-state index contributed by atoms with van der Waals surface area (Å²) in [7, 11) is 0. The highest BCUT2D eigenvalue weighted by Gasteiger charge is 2.15. The average molecular weight is 411 g/mol. The van der Waals surface area contributed by atoms with E-state index in [0.29, 0.717) is 24.5 Å². The fourth-order valence-electron chi connectivity index (χ4n) is 4.16. The van der Waals surface area contributed by atoms with Crippen LogP contribution >= 0.6 is 0 Å². The zero-order valence-corrected chi connectivity index (χ0v) is 17.0. The minimum atomic E-state index is -0.308. The lowest BCUT2D eigenvalue weighted by Gasteiger charge is -2.13. The molecule has 31 heavy (non-hydrogen) atoms. The van der Waals surface area contributed by atoms with Crippen LogP contribution in [0.1, 0.15) is 22.8 Å². The molecule has 2 aromatic heterocycles. The van der Waals surface area contributed by atoms with Crippen molar-refractivity contribution in [3.63, 3.8) is 0 Å². The van der Waals surface area contributed by atoms with Crippen molar-refractivity contribution in [3.05, 3.63) is 71.9 Å². The van der Waals surface area contributed by atoms with Crippen LogP contribution in [0.2, 0.25) is 0 Å². The van der Waals surface area contributed by atoms with E-state index < -0.39 is 0 Å². The second kappa shape index (κ2) is 7.28. The molecule has 2 heterocycles. The second-order valence-electron chi connectivity index (χ2n) is 7.34. The Hall–Kier alpha value is -4.13. The summed E-state index contributed by atoms with van der Waals surface area (Å²) < 4.78 is 7.37. The molecule has 0 amide bonds. The Balaban J connectivity index is 1.63. The molecule has 0 saturated heterocycles. The van der Waals surface area contributed by atoms with Crippen molar-refractivity contribution in [3.8, 4) is 0 Å². The van der Waals surface area contributed by atoms with Gasteiger partial charge in [-0.1, -0.05) is 30.3 Å². The highest BCUT2D eigenvalue weighted by molar-refractivity contribution is 6.10. The zero-order chi connectivity index (χ0) is 21.5. The van der Waals surface area contributed by atoms with E-state index in [-0.39, 0.29) is 11.9 Å². The van der Waals surface area contributed by atoms with Crippen molar-refractivity contribution in [2.24, 2.45) is 0 Å². The summed E-state index contributed by atoms with van der Waals surface area (Å²) in [4.78, 5) is 20.8. The number of ether oxygens (including phenoxy) is 1. The van der Waals surface area contributed by atoms with E-state index in [9.17, 15) is 4.79 Å². The first-order valence-electron chi connectivity index (χ1n) is 10.0. The van der Waals surface area contributed by atoms with Gasteiger partial charge in [0.15, 0.2) is 0 Å². The van der Waals surface area contributed by atoms with Gasteiger partial charge < -0.3 is 20.8 Å². The van der Waals surface area contributed by atoms with Crippen molar-refractivity contribution < 1.29 is 9.53 Å². The van der Waals surface area contributed by atoms with Crippen LogP contribution < -0.4 is 11.5 Å². The van der Waals surface area contributed by atoms with Gasteiger partial charge in [-0.15, -0.1) is 0 Å². The highest BCUT2D eigenvalue weighted by atomic mass is 16.5. The summed E-state index contributed by atoms with van der Waals surface area (Å²) in [6, 6.07) is 17.7. The van der Waals surface area contributed by atoms with Crippen molar-refractivity contribution >= 4 is 50.3 Å². The number of hydrogen-bond donors (Lipinski definition) is 2. The highest BCUT2D eigenvalue weighted by Crippen LogP contribution is 2.31. The van der Waals surface area contributed by atoms with Crippen LogP contribution in [0.25, 0.3) is 32.6 Å². The van der Waals surface area contributed by atoms with E-state index >= 15 is 0 Å². The SMILES string of the molecule is CCOC(=O)c1ccc(Cn2ccc3c4c(N)nc(N)nc4ccc32)c2ccccc12. The van der Waals surface area contributed by atoms with Gasteiger partial charge >= 0.3 is 5.97 Å². The largest absolute Gasteiger partial charge is 0.462 e. The van der Waals surface area contributed by atoms with E-state index in [2.05, 4.69) is 14.5 Å². The molecule has 0 radical (unpaired) electrons. The number of nitrogens with two attached hydrogens (primary N) is 2. The van der Waals surface area contributed by atoms with Crippen LogP contribution in [0.5, 0.6) is 0 Å². The molecule has 0 spiro atoms. The quantitative estimate of drug-likeness (QED) is 0.431. The molecule has 5 rings (SSSR count). The molecule has 7 nitrogen and oxygen atoms in total. The maximum absolute atomic E-state index is 12.4. The number of rotatable bonds is 4. The first kappa shape index (κ1) is 18.9. The molecule has 7 heteroatoms. The van der Waals surface area contributed by atoms with Gasteiger partial charge in [0.1, 0.15) is 5.82 Å². The van der Waals surface area contributed by atoms with Crippen molar-refractivity contribution in [2.75, 3.05) is 18.1 Å². The Morgan fingerprint density at radius 1 is 0.968 bits per heavy atom. The van der Waals surface area contributed by atoms with E-state index in [4.69, 9.17) is 16.2 Å². The molecule has 0 fully saturated rings. The molecule has 0 atom stereocenters. The number of carbonyl (C=O) groups is 1. The number of anilines is 2. The maximum atomic E-state index is 12.4. The van der Waals surface area contributed by atoms with Crippen molar-refractivity contribution in [1.29, 1.82) is 0 Å². The molecular formula is C24H21N5O2. The Kier molecular flexibility index (Phi) is 4.43. The van der Waals surface area contributed by atoms with E-state index in [1.54, 1.807) is 6.92 Å². The zero-order valence-electron chi connectivity index (χ0n) is 17.0. The maximum Gasteiger partial charge on any atom is 0.338 e. The van der Waals surface area contributed by atoms with Crippen molar-refractivity contribution in [2.45, 2.75) is 13.5 Å². The minimum absolute atomic E-state index is 0.164. The normalized spacial score (nSPS) is 11.4. The van der Waals surface area contributed by atoms with Crippen LogP contribution in [0.4, 0.5) is 11.8 Å². The summed E-state index contributed by atoms with van der Waals surface area (Å²) in [5.74, 6) is 0.227. The second-order valence-corrected chi connectivity index (χ2v) is 7.34. The Labute approximate surface area is 178 Å². The molecule has 3 aromatic carbocycles. The lowest BCUT2D eigenvalue weighted by atomic mass is 9.99. The van der Waals surface area contributed by atoms with Gasteiger partial charge in [0.2, 0.25) is 5.95 Å². The molecule has 0 aliphatic carbocycles. The number of nitrogen functional groups attached to an aromatic ring is 2. The first-order valence-corrected chi connectivity index (χ1v) is 10.0. The lowest BCUT2D eigenvalue weighted by molar-refractivity contribution is 0.0528. The molecule has 0 unspecified atom stereocenters. The third-order valence-electron chi connectivity index (χ3n) is 5.51. The standard InChI is InChI=1S/C24H21N5O2/c1-2-31-23(30)17-8-7-14(15-5-3-4-6-16(15)17)13-29-12-11-18-20(29)10-9-19-21(18)22(25)28-24(26)27-19/h3-12H,2,13H2,1H3,(H4,25,26,27,28). The predicted molar refractivity (Wildman–Crippen MR) is 123 cm³/mol. The van der Waals surface area contributed by atoms with Crippen LogP contribution in [-0.4, -0.2) is 27.1 Å². The Morgan fingerprint density at radius 3 is 2.58 bits per heavy atom. The number of fused-ring (bicyclic) bond motifs is 4. The molecule has 0 aliphatic heterocycles. The van der Waals surface area contributed by atoms with Crippen LogP contribution in [0.15, 0.2) is 60.8 Å². The molecule has 0 saturated carbocycles. The van der Waals surface area contributed by atoms with E-state index in [1.165, 1.54) is 0 Å². The monoisotopic (exact) mass is 411 g/mol. The molecular weight excluding hydrogens is 390 g/mol. The third kappa shape index (κ3) is 3.11. The topological polar surface area (TPSA) is 109 Å². The molecule has 0 aliphatic rings. The Bertz CT molecular complexity index is 1470. The summed E-state index contributed by atoms with van der Waals surface area (Å²) in [6.45, 7) is 2.78. The van der Waals surface area contributed by atoms with Crippen LogP contribution in [0.3, 0.4) is 0 Å². The van der Waals surface area contributed by atoms with Gasteiger partial charge in [-0.3, -0.25) is 0 Å². The van der Waals surface area contributed by atoms with Gasteiger partial charge in [0.25, 0.3) is 0 Å². The van der Waals surface area contributed by atoms with Gasteiger partial charge in [-0.2, -0.15) is 4.98 Å². The summed E-state index contributed by atoms with van der Waals surface area (Å²) >= 11 is 0. The summed E-state index contributed by atoms with van der Waals surface area (Å²) in [6.07, 6.45) is 2.02. The van der Waals surface area contributed by atoms with E-state index in [0.717, 1.165) is 38.1 Å². The predicted octanol–water partition coefficient (Wildman–Crippen LogP) is 4.13. The number of hydrogen-bond acceptors (Lipinski definition) is 6. The summed E-state index contributed by atoms with van der Waals surface area (Å²) in [5.41, 5.74) is 15.3. The number of esters is 1. The Morgan fingerprint density at radius 2 is 1.77 bits per heavy atom. The third-order valence-corrected chi connectivity index (χ3v) is 5.51. The number of benzene rings is 3. The van der Waals surface area contributed by atoms with Crippen LogP contribution in [0, 0.1) is 0 Å². The van der Waals surface area contributed by atoms with E-state index in [1.807, 2.05) is 60.8 Å². The molecule has 0 bridgehead atoms. The number of nitrogens with zero attached hydrogens (tertiary/aromatic N) is 3. The fourth-order valence-corrected chi connectivity index (χ4v) is 4.16. The minimum Gasteiger partial charge on any atom is -0.462 e. The molecule has 154 valence electrons. The first-order chi connectivity index (χ1) is 15.1. The van der Waals surface area contributed by atoms with Gasteiger partial charge in [-0.25, -0.2) is 9.78 Å². The molecule has 5 aromatic rings.